The van der Waals surface area contributed by atoms with Gasteiger partial charge in [-0.2, -0.15) is 26.3 Å². The first kappa shape index (κ1) is 19.8. The van der Waals surface area contributed by atoms with Crippen LogP contribution in [0.3, 0.4) is 0 Å². The summed E-state index contributed by atoms with van der Waals surface area (Å²) in [4.78, 5) is 12.1. The lowest BCUT2D eigenvalue weighted by Gasteiger charge is -2.14. The summed E-state index contributed by atoms with van der Waals surface area (Å²) < 4.78 is 77.1. The van der Waals surface area contributed by atoms with E-state index in [0.29, 0.717) is 12.1 Å². The summed E-state index contributed by atoms with van der Waals surface area (Å²) >= 11 is 0. The molecule has 26 heavy (non-hydrogen) atoms. The maximum atomic E-state index is 12.8. The van der Waals surface area contributed by atoms with Crippen LogP contribution in [-0.4, -0.2) is 5.91 Å². The van der Waals surface area contributed by atoms with Crippen LogP contribution in [0.2, 0.25) is 0 Å². The summed E-state index contributed by atoms with van der Waals surface area (Å²) in [5.74, 6) is -0.823. The van der Waals surface area contributed by atoms with Gasteiger partial charge in [-0.05, 0) is 41.8 Å². The number of alkyl halides is 6. The summed E-state index contributed by atoms with van der Waals surface area (Å²) in [6.07, 6.45) is -10.0. The third-order valence-corrected chi connectivity index (χ3v) is 3.69. The van der Waals surface area contributed by atoms with E-state index in [-0.39, 0.29) is 17.7 Å². The first-order valence-corrected chi connectivity index (χ1v) is 7.58. The highest BCUT2D eigenvalue weighted by molar-refractivity contribution is 6.04. The van der Waals surface area contributed by atoms with Crippen molar-refractivity contribution < 1.29 is 31.1 Å². The molecule has 0 aliphatic heterocycles. The molecule has 0 fully saturated rings. The number of carbonyl (C=O) groups is 1. The van der Waals surface area contributed by atoms with Gasteiger partial charge in [0.1, 0.15) is 0 Å². The van der Waals surface area contributed by atoms with Gasteiger partial charge >= 0.3 is 12.4 Å². The minimum absolute atomic E-state index is 0.0196. The maximum Gasteiger partial charge on any atom is 0.416 e. The van der Waals surface area contributed by atoms with E-state index in [2.05, 4.69) is 5.32 Å². The Kier molecular flexibility index (Phi) is 5.34. The Morgan fingerprint density at radius 2 is 1.31 bits per heavy atom. The van der Waals surface area contributed by atoms with Gasteiger partial charge in [0.25, 0.3) is 5.91 Å². The zero-order chi connectivity index (χ0) is 19.7. The van der Waals surface area contributed by atoms with Crippen molar-refractivity contribution in [1.82, 2.24) is 0 Å². The van der Waals surface area contributed by atoms with Crippen molar-refractivity contribution in [3.63, 3.8) is 0 Å². The van der Waals surface area contributed by atoms with Crippen LogP contribution in [0.25, 0.3) is 0 Å². The molecule has 0 aliphatic carbocycles. The molecule has 0 heterocycles. The zero-order valence-electron chi connectivity index (χ0n) is 13.8. The Morgan fingerprint density at radius 3 is 1.69 bits per heavy atom. The highest BCUT2D eigenvalue weighted by Gasteiger charge is 2.37. The van der Waals surface area contributed by atoms with Crippen LogP contribution in [0.1, 0.15) is 46.8 Å². The number of hydrogen-bond donors (Lipinski definition) is 1. The molecule has 0 saturated heterocycles. The second-order valence-electron chi connectivity index (χ2n) is 6.03. The van der Waals surface area contributed by atoms with Gasteiger partial charge in [0.15, 0.2) is 0 Å². The van der Waals surface area contributed by atoms with E-state index in [9.17, 15) is 31.1 Å². The number of anilines is 1. The predicted molar refractivity (Wildman–Crippen MR) is 84.9 cm³/mol. The molecule has 2 nitrogen and oxygen atoms in total. The SMILES string of the molecule is CC(C)c1ccc(NC(=O)c2cc(C(F)(F)F)cc(C(F)(F)F)c2)cc1. The van der Waals surface area contributed by atoms with Crippen LogP contribution in [0, 0.1) is 0 Å². The molecule has 0 radical (unpaired) electrons. The molecule has 140 valence electrons. The van der Waals surface area contributed by atoms with Gasteiger partial charge in [0.05, 0.1) is 11.1 Å². The quantitative estimate of drug-likeness (QED) is 0.646. The van der Waals surface area contributed by atoms with Gasteiger partial charge in [-0.1, -0.05) is 26.0 Å². The Labute approximate surface area is 145 Å². The van der Waals surface area contributed by atoms with Crippen molar-refractivity contribution in [2.45, 2.75) is 32.1 Å². The van der Waals surface area contributed by atoms with E-state index >= 15 is 0 Å². The van der Waals surface area contributed by atoms with Gasteiger partial charge in [0, 0.05) is 11.3 Å². The molecule has 0 aromatic heterocycles. The fraction of sp³-hybridized carbons (Fsp3) is 0.278. The Balaban J connectivity index is 2.35. The lowest BCUT2D eigenvalue weighted by Crippen LogP contribution is -2.17. The van der Waals surface area contributed by atoms with Crippen molar-refractivity contribution in [3.8, 4) is 0 Å². The number of rotatable bonds is 3. The summed E-state index contributed by atoms with van der Waals surface area (Å²) in [6.45, 7) is 3.91. The molecule has 1 N–H and O–H groups in total. The first-order valence-electron chi connectivity index (χ1n) is 7.58. The maximum absolute atomic E-state index is 12.8. The first-order chi connectivity index (χ1) is 11.9. The topological polar surface area (TPSA) is 29.1 Å². The number of benzene rings is 2. The minimum Gasteiger partial charge on any atom is -0.322 e. The highest BCUT2D eigenvalue weighted by Crippen LogP contribution is 2.36. The number of halogens is 6. The number of carbonyl (C=O) groups excluding carboxylic acids is 1. The average molecular weight is 375 g/mol. The molecule has 0 aliphatic rings. The number of amides is 1. The van der Waals surface area contributed by atoms with E-state index in [0.717, 1.165) is 5.56 Å². The van der Waals surface area contributed by atoms with Crippen LogP contribution < -0.4 is 5.32 Å². The minimum atomic E-state index is -5.00. The van der Waals surface area contributed by atoms with E-state index in [1.54, 1.807) is 12.1 Å². The van der Waals surface area contributed by atoms with Crippen LogP contribution in [0.5, 0.6) is 0 Å². The third-order valence-electron chi connectivity index (χ3n) is 3.69. The van der Waals surface area contributed by atoms with Gasteiger partial charge in [-0.15, -0.1) is 0 Å². The average Bonchev–Trinajstić information content (AvgIpc) is 2.53. The molecule has 2 aromatic carbocycles. The summed E-state index contributed by atoms with van der Waals surface area (Å²) in [6, 6.07) is 7.27. The van der Waals surface area contributed by atoms with E-state index < -0.39 is 35.0 Å². The molecule has 0 unspecified atom stereocenters. The molecule has 8 heteroatoms. The molecule has 1 amide bonds. The summed E-state index contributed by atoms with van der Waals surface area (Å²) in [5, 5.41) is 2.31. The molecular formula is C18H15F6NO. The van der Waals surface area contributed by atoms with Crippen molar-refractivity contribution in [2.24, 2.45) is 0 Å². The third kappa shape index (κ3) is 4.77. The van der Waals surface area contributed by atoms with E-state index in [1.165, 1.54) is 12.1 Å². The molecule has 2 rings (SSSR count). The predicted octanol–water partition coefficient (Wildman–Crippen LogP) is 6.10. The monoisotopic (exact) mass is 375 g/mol. The number of nitrogens with one attached hydrogen (secondary N) is 1. The van der Waals surface area contributed by atoms with E-state index in [4.69, 9.17) is 0 Å². The smallest absolute Gasteiger partial charge is 0.322 e. The van der Waals surface area contributed by atoms with Crippen LogP contribution >= 0.6 is 0 Å². The number of hydrogen-bond acceptors (Lipinski definition) is 1. The summed E-state index contributed by atoms with van der Waals surface area (Å²) in [5.41, 5.74) is -2.55. The van der Waals surface area contributed by atoms with Gasteiger partial charge in [0.2, 0.25) is 0 Å². The van der Waals surface area contributed by atoms with Gasteiger partial charge in [-0.3, -0.25) is 4.79 Å². The molecule has 0 bridgehead atoms. The Hall–Kier alpha value is -2.51. The van der Waals surface area contributed by atoms with Crippen LogP contribution in [0.4, 0.5) is 32.0 Å². The van der Waals surface area contributed by atoms with Crippen molar-refractivity contribution in [3.05, 3.63) is 64.7 Å². The van der Waals surface area contributed by atoms with E-state index in [1.807, 2.05) is 13.8 Å². The largest absolute Gasteiger partial charge is 0.416 e. The second kappa shape index (κ2) is 7.01. The molecular weight excluding hydrogens is 360 g/mol. The lowest BCUT2D eigenvalue weighted by molar-refractivity contribution is -0.143. The molecule has 0 saturated carbocycles. The second-order valence-corrected chi connectivity index (χ2v) is 6.03. The fourth-order valence-corrected chi connectivity index (χ4v) is 2.24. The Morgan fingerprint density at radius 1 is 0.846 bits per heavy atom. The van der Waals surface area contributed by atoms with Crippen molar-refractivity contribution >= 4 is 11.6 Å². The molecule has 2 aromatic rings. The lowest BCUT2D eigenvalue weighted by atomic mass is 10.0. The van der Waals surface area contributed by atoms with Crippen LogP contribution in [0.15, 0.2) is 42.5 Å². The standard InChI is InChI=1S/C18H15F6NO/c1-10(2)11-3-5-15(6-4-11)25-16(26)12-7-13(17(19,20)21)9-14(8-12)18(22,23)24/h3-10H,1-2H3,(H,25,26). The molecule has 0 atom stereocenters. The van der Waals surface area contributed by atoms with Gasteiger partial charge < -0.3 is 5.32 Å². The normalized spacial score (nSPS) is 12.3. The van der Waals surface area contributed by atoms with Crippen LogP contribution in [-0.2, 0) is 12.4 Å². The van der Waals surface area contributed by atoms with Gasteiger partial charge in [-0.25, -0.2) is 0 Å². The zero-order valence-corrected chi connectivity index (χ0v) is 13.8. The van der Waals surface area contributed by atoms with Crippen molar-refractivity contribution in [1.29, 1.82) is 0 Å². The summed E-state index contributed by atoms with van der Waals surface area (Å²) in [7, 11) is 0. The molecule has 0 spiro atoms. The van der Waals surface area contributed by atoms with Crippen molar-refractivity contribution in [2.75, 3.05) is 5.32 Å². The Bertz CT molecular complexity index is 759. The fourth-order valence-electron chi connectivity index (χ4n) is 2.24. The highest BCUT2D eigenvalue weighted by atomic mass is 19.4.